The van der Waals surface area contributed by atoms with Crippen LogP contribution in [0.1, 0.15) is 23.6 Å². The number of carbonyl (C=O) groups excluding carboxylic acids is 1. The van der Waals surface area contributed by atoms with E-state index in [9.17, 15) is 9.18 Å². The molecule has 0 radical (unpaired) electrons. The van der Waals surface area contributed by atoms with Crippen molar-refractivity contribution in [3.8, 4) is 11.3 Å². The number of nitrogens with zero attached hydrogens (tertiary/aromatic N) is 4. The Labute approximate surface area is 168 Å². The first-order chi connectivity index (χ1) is 14.0. The molecule has 1 aliphatic heterocycles. The van der Waals surface area contributed by atoms with Gasteiger partial charge >= 0.3 is 6.03 Å². The first-order valence-electron chi connectivity index (χ1n) is 9.55. The highest BCUT2D eigenvalue weighted by Gasteiger charge is 2.27. The number of likely N-dealkylation sites (tertiary alicyclic amines) is 1. The van der Waals surface area contributed by atoms with Gasteiger partial charge in [0.2, 0.25) is 0 Å². The van der Waals surface area contributed by atoms with Gasteiger partial charge < -0.3 is 14.7 Å². The predicted octanol–water partition coefficient (Wildman–Crippen LogP) is 3.98. The van der Waals surface area contributed by atoms with Crippen LogP contribution in [0.4, 0.5) is 14.9 Å². The van der Waals surface area contributed by atoms with E-state index in [0.717, 1.165) is 41.2 Å². The van der Waals surface area contributed by atoms with Crippen LogP contribution in [0.25, 0.3) is 11.3 Å². The molecule has 3 heterocycles. The minimum absolute atomic E-state index is 0.168. The fourth-order valence-electron chi connectivity index (χ4n) is 3.65. The van der Waals surface area contributed by atoms with Gasteiger partial charge in [-0.15, -0.1) is 0 Å². The second kappa shape index (κ2) is 7.98. The summed E-state index contributed by atoms with van der Waals surface area (Å²) in [6.07, 6.45) is 5.19. The molecule has 1 aromatic carbocycles. The van der Waals surface area contributed by atoms with E-state index >= 15 is 0 Å². The summed E-state index contributed by atoms with van der Waals surface area (Å²) in [6, 6.07) is 5.59. The van der Waals surface area contributed by atoms with Gasteiger partial charge in [-0.1, -0.05) is 5.16 Å². The minimum Gasteiger partial charge on any atom is -0.361 e. The molecule has 29 heavy (non-hydrogen) atoms. The van der Waals surface area contributed by atoms with E-state index < -0.39 is 0 Å². The smallest absolute Gasteiger partial charge is 0.321 e. The summed E-state index contributed by atoms with van der Waals surface area (Å²) in [5, 5.41) is 6.76. The van der Waals surface area contributed by atoms with E-state index in [2.05, 4.69) is 20.4 Å². The maximum atomic E-state index is 13.0. The third-order valence-corrected chi connectivity index (χ3v) is 5.16. The topological polar surface area (TPSA) is 84.2 Å². The number of amides is 2. The number of aromatic nitrogens is 3. The molecule has 3 aromatic rings. The number of rotatable bonds is 4. The first-order valence-corrected chi connectivity index (χ1v) is 9.55. The van der Waals surface area contributed by atoms with Crippen molar-refractivity contribution in [2.24, 2.45) is 5.92 Å². The Morgan fingerprint density at radius 1 is 1.24 bits per heavy atom. The lowest BCUT2D eigenvalue weighted by molar-refractivity contribution is 0.220. The number of carbonyl (C=O) groups is 1. The Bertz CT molecular complexity index is 981. The number of nitrogens with one attached hydrogen (secondary N) is 1. The lowest BCUT2D eigenvalue weighted by Crippen LogP contribution is -2.33. The maximum Gasteiger partial charge on any atom is 0.321 e. The van der Waals surface area contributed by atoms with Crippen LogP contribution in [0, 0.1) is 25.6 Å². The largest absolute Gasteiger partial charge is 0.361 e. The van der Waals surface area contributed by atoms with Gasteiger partial charge in [0.25, 0.3) is 0 Å². The molecule has 0 aliphatic carbocycles. The van der Waals surface area contributed by atoms with Crippen molar-refractivity contribution in [3.05, 3.63) is 59.6 Å². The zero-order valence-corrected chi connectivity index (χ0v) is 16.4. The molecule has 1 saturated heterocycles. The quantitative estimate of drug-likeness (QED) is 0.722. The molecule has 1 aliphatic rings. The molecule has 7 nitrogen and oxygen atoms in total. The number of hydrogen-bond acceptors (Lipinski definition) is 5. The third kappa shape index (κ3) is 4.26. The number of hydrogen-bond donors (Lipinski definition) is 1. The predicted molar refractivity (Wildman–Crippen MR) is 106 cm³/mol. The van der Waals surface area contributed by atoms with Crippen LogP contribution in [-0.2, 0) is 6.42 Å². The number of halogens is 1. The molecule has 0 bridgehead atoms. The monoisotopic (exact) mass is 395 g/mol. The van der Waals surface area contributed by atoms with Crippen molar-refractivity contribution >= 4 is 11.7 Å². The van der Waals surface area contributed by atoms with Gasteiger partial charge in [0.15, 0.2) is 0 Å². The molecule has 4 rings (SSSR count). The Kier molecular flexibility index (Phi) is 5.24. The molecule has 8 heteroatoms. The molecule has 1 fully saturated rings. The number of anilines is 1. The molecular weight excluding hydrogens is 373 g/mol. The summed E-state index contributed by atoms with van der Waals surface area (Å²) in [6.45, 7) is 5.07. The summed E-state index contributed by atoms with van der Waals surface area (Å²) in [7, 11) is 0. The maximum absolute atomic E-state index is 13.0. The molecule has 1 unspecified atom stereocenters. The van der Waals surface area contributed by atoms with Gasteiger partial charge in [-0.25, -0.2) is 9.18 Å². The lowest BCUT2D eigenvalue weighted by atomic mass is 10.0. The highest BCUT2D eigenvalue weighted by molar-refractivity contribution is 5.89. The molecule has 1 N–H and O–H groups in total. The second-order valence-electron chi connectivity index (χ2n) is 7.33. The van der Waals surface area contributed by atoms with Crippen molar-refractivity contribution in [2.75, 3.05) is 18.4 Å². The van der Waals surface area contributed by atoms with Crippen molar-refractivity contribution in [2.45, 2.75) is 26.7 Å². The van der Waals surface area contributed by atoms with Crippen LogP contribution in [0.3, 0.4) is 0 Å². The van der Waals surface area contributed by atoms with Crippen LogP contribution < -0.4 is 5.32 Å². The van der Waals surface area contributed by atoms with Gasteiger partial charge in [-0.2, -0.15) is 0 Å². The van der Waals surface area contributed by atoms with E-state index in [0.29, 0.717) is 24.7 Å². The number of urea groups is 1. The van der Waals surface area contributed by atoms with Crippen molar-refractivity contribution in [3.63, 3.8) is 0 Å². The molecule has 2 amide bonds. The lowest BCUT2D eigenvalue weighted by Gasteiger charge is -2.17. The van der Waals surface area contributed by atoms with Gasteiger partial charge in [-0.3, -0.25) is 9.97 Å². The van der Waals surface area contributed by atoms with Crippen LogP contribution in [-0.4, -0.2) is 39.1 Å². The Hall–Kier alpha value is -3.29. The standard InChI is InChI=1S/C21H22FN5O2/c1-13-20(14(2)29-26-13)19-11-23-18(10-24-19)9-15-7-8-27(12-15)21(28)25-17-5-3-16(22)4-6-17/h3-6,10-11,15H,7-9,12H2,1-2H3,(H,25,28). The average Bonchev–Trinajstić information content (AvgIpc) is 3.31. The van der Waals surface area contributed by atoms with E-state index in [1.165, 1.54) is 12.1 Å². The Balaban J connectivity index is 1.34. The summed E-state index contributed by atoms with van der Waals surface area (Å²) in [5.74, 6) is 0.724. The summed E-state index contributed by atoms with van der Waals surface area (Å²) in [5.41, 5.74) is 3.90. The van der Waals surface area contributed by atoms with Gasteiger partial charge in [0, 0.05) is 25.0 Å². The first kappa shape index (κ1) is 19.0. The molecular formula is C21H22FN5O2. The van der Waals surface area contributed by atoms with Gasteiger partial charge in [0.05, 0.1) is 28.8 Å². The van der Waals surface area contributed by atoms with E-state index in [-0.39, 0.29) is 11.8 Å². The van der Waals surface area contributed by atoms with Crippen molar-refractivity contribution in [1.29, 1.82) is 0 Å². The molecule has 0 spiro atoms. The van der Waals surface area contributed by atoms with Crippen molar-refractivity contribution < 1.29 is 13.7 Å². The fraction of sp³-hybridized carbons (Fsp3) is 0.333. The molecule has 0 saturated carbocycles. The molecule has 2 aromatic heterocycles. The highest BCUT2D eigenvalue weighted by Crippen LogP contribution is 2.25. The van der Waals surface area contributed by atoms with E-state index in [4.69, 9.17) is 4.52 Å². The van der Waals surface area contributed by atoms with Crippen LogP contribution >= 0.6 is 0 Å². The second-order valence-corrected chi connectivity index (χ2v) is 7.33. The number of benzene rings is 1. The summed E-state index contributed by atoms with van der Waals surface area (Å²) in [4.78, 5) is 23.2. The SMILES string of the molecule is Cc1noc(C)c1-c1cnc(CC2CCN(C(=O)Nc3ccc(F)cc3)C2)cn1. The van der Waals surface area contributed by atoms with E-state index in [1.54, 1.807) is 29.4 Å². The van der Waals surface area contributed by atoms with Crippen LogP contribution in [0.2, 0.25) is 0 Å². The molecule has 1 atom stereocenters. The Morgan fingerprint density at radius 3 is 2.69 bits per heavy atom. The zero-order chi connectivity index (χ0) is 20.4. The van der Waals surface area contributed by atoms with Crippen molar-refractivity contribution in [1.82, 2.24) is 20.0 Å². The number of aryl methyl sites for hydroxylation is 2. The van der Waals surface area contributed by atoms with Crippen LogP contribution in [0.5, 0.6) is 0 Å². The Morgan fingerprint density at radius 2 is 2.03 bits per heavy atom. The summed E-state index contributed by atoms with van der Waals surface area (Å²) < 4.78 is 18.2. The fourth-order valence-corrected chi connectivity index (χ4v) is 3.65. The normalized spacial score (nSPS) is 16.2. The third-order valence-electron chi connectivity index (χ3n) is 5.16. The average molecular weight is 395 g/mol. The van der Waals surface area contributed by atoms with Gasteiger partial charge in [0.1, 0.15) is 11.6 Å². The highest BCUT2D eigenvalue weighted by atomic mass is 19.1. The zero-order valence-electron chi connectivity index (χ0n) is 16.4. The minimum atomic E-state index is -0.328. The summed E-state index contributed by atoms with van der Waals surface area (Å²) >= 11 is 0. The van der Waals surface area contributed by atoms with Crippen LogP contribution in [0.15, 0.2) is 41.2 Å². The molecule has 150 valence electrons. The van der Waals surface area contributed by atoms with E-state index in [1.807, 2.05) is 13.8 Å². The van der Waals surface area contributed by atoms with Gasteiger partial charge in [-0.05, 0) is 56.9 Å².